The van der Waals surface area contributed by atoms with Crippen LogP contribution in [-0.2, 0) is 16.8 Å². The van der Waals surface area contributed by atoms with Gasteiger partial charge in [-0.15, -0.1) is 13.2 Å². The summed E-state index contributed by atoms with van der Waals surface area (Å²) in [6, 6.07) is 15.8. The molecule has 3 aromatic rings. The number of anilines is 1. The first-order valence-corrected chi connectivity index (χ1v) is 10.6. The SMILES string of the molecule is O=C(Nc1ccc(OC(F)(F)F)c(-c2cccc(CO)c2)c1)C1(c2ccc3c(c2)OCO3)CC1. The Morgan fingerprint density at radius 1 is 1.03 bits per heavy atom. The van der Waals surface area contributed by atoms with Crippen LogP contribution in [0.25, 0.3) is 11.1 Å². The van der Waals surface area contributed by atoms with Gasteiger partial charge in [-0.1, -0.05) is 24.3 Å². The summed E-state index contributed by atoms with van der Waals surface area (Å²) < 4.78 is 53.9. The highest BCUT2D eigenvalue weighted by Gasteiger charge is 2.51. The molecular weight excluding hydrogens is 451 g/mol. The van der Waals surface area contributed by atoms with Crippen molar-refractivity contribution in [2.75, 3.05) is 12.1 Å². The zero-order valence-corrected chi connectivity index (χ0v) is 17.8. The second-order valence-electron chi connectivity index (χ2n) is 8.22. The van der Waals surface area contributed by atoms with E-state index in [1.807, 2.05) is 6.07 Å². The topological polar surface area (TPSA) is 77.0 Å². The molecule has 1 fully saturated rings. The minimum absolute atomic E-state index is 0.130. The molecule has 0 spiro atoms. The van der Waals surface area contributed by atoms with Crippen molar-refractivity contribution in [1.82, 2.24) is 0 Å². The highest BCUT2D eigenvalue weighted by atomic mass is 19.4. The van der Waals surface area contributed by atoms with E-state index in [4.69, 9.17) is 9.47 Å². The first-order chi connectivity index (χ1) is 16.3. The lowest BCUT2D eigenvalue weighted by Gasteiger charge is -2.18. The van der Waals surface area contributed by atoms with E-state index in [1.165, 1.54) is 18.2 Å². The lowest BCUT2D eigenvalue weighted by molar-refractivity contribution is -0.274. The van der Waals surface area contributed by atoms with E-state index >= 15 is 0 Å². The number of amides is 1. The zero-order chi connectivity index (χ0) is 23.9. The molecule has 34 heavy (non-hydrogen) atoms. The molecule has 0 bridgehead atoms. The number of ether oxygens (including phenoxy) is 3. The van der Waals surface area contributed by atoms with Gasteiger partial charge in [0.1, 0.15) is 5.75 Å². The molecule has 2 aliphatic rings. The van der Waals surface area contributed by atoms with Crippen LogP contribution in [-0.4, -0.2) is 24.2 Å². The Kier molecular flexibility index (Phi) is 5.36. The second-order valence-corrected chi connectivity index (χ2v) is 8.22. The number of carbonyl (C=O) groups is 1. The molecule has 0 saturated heterocycles. The van der Waals surface area contributed by atoms with E-state index in [0.29, 0.717) is 41.2 Å². The van der Waals surface area contributed by atoms with Crippen molar-refractivity contribution in [1.29, 1.82) is 0 Å². The lowest BCUT2D eigenvalue weighted by atomic mass is 9.94. The molecule has 0 unspecified atom stereocenters. The number of hydrogen-bond acceptors (Lipinski definition) is 5. The smallest absolute Gasteiger partial charge is 0.454 e. The maximum absolute atomic E-state index is 13.2. The molecule has 1 saturated carbocycles. The van der Waals surface area contributed by atoms with Gasteiger partial charge < -0.3 is 24.6 Å². The standard InChI is InChI=1S/C25H20F3NO5/c26-25(27,28)34-20-7-5-18(12-19(20)16-3-1-2-15(10-16)13-30)29-23(31)24(8-9-24)17-4-6-21-22(11-17)33-14-32-21/h1-7,10-12,30H,8-9,13-14H2,(H,29,31). The van der Waals surface area contributed by atoms with Gasteiger partial charge in [-0.05, 0) is 65.9 Å². The zero-order valence-electron chi connectivity index (χ0n) is 17.8. The van der Waals surface area contributed by atoms with Crippen LogP contribution in [0.4, 0.5) is 18.9 Å². The fourth-order valence-electron chi connectivity index (χ4n) is 4.10. The van der Waals surface area contributed by atoms with Crippen LogP contribution in [0.1, 0.15) is 24.0 Å². The van der Waals surface area contributed by atoms with Crippen LogP contribution in [0.5, 0.6) is 17.2 Å². The number of nitrogens with one attached hydrogen (secondary N) is 1. The van der Waals surface area contributed by atoms with Crippen molar-refractivity contribution in [3.63, 3.8) is 0 Å². The molecular formula is C25H20F3NO5. The monoisotopic (exact) mass is 471 g/mol. The summed E-state index contributed by atoms with van der Waals surface area (Å²) in [5.41, 5.74) is 1.47. The summed E-state index contributed by atoms with van der Waals surface area (Å²) in [4.78, 5) is 13.2. The van der Waals surface area contributed by atoms with E-state index in [2.05, 4.69) is 10.1 Å². The maximum atomic E-state index is 13.2. The van der Waals surface area contributed by atoms with Crippen LogP contribution in [0.3, 0.4) is 0 Å². The number of rotatable bonds is 6. The molecule has 5 rings (SSSR count). The Bertz CT molecular complexity index is 1250. The molecule has 1 aliphatic heterocycles. The van der Waals surface area contributed by atoms with Crippen molar-refractivity contribution in [2.45, 2.75) is 31.2 Å². The van der Waals surface area contributed by atoms with Gasteiger partial charge in [0.15, 0.2) is 11.5 Å². The van der Waals surface area contributed by atoms with Gasteiger partial charge in [-0.25, -0.2) is 0 Å². The van der Waals surface area contributed by atoms with Crippen molar-refractivity contribution in [2.24, 2.45) is 0 Å². The van der Waals surface area contributed by atoms with Gasteiger partial charge in [-0.2, -0.15) is 0 Å². The van der Waals surface area contributed by atoms with Crippen molar-refractivity contribution < 1.29 is 37.3 Å². The summed E-state index contributed by atoms with van der Waals surface area (Å²) in [6.45, 7) is -0.137. The van der Waals surface area contributed by atoms with Crippen molar-refractivity contribution >= 4 is 11.6 Å². The van der Waals surface area contributed by atoms with Crippen molar-refractivity contribution in [3.8, 4) is 28.4 Å². The molecule has 0 radical (unpaired) electrons. The van der Waals surface area contributed by atoms with Gasteiger partial charge in [0.25, 0.3) is 0 Å². The molecule has 1 amide bonds. The second kappa shape index (κ2) is 8.25. The van der Waals surface area contributed by atoms with Crippen LogP contribution < -0.4 is 19.5 Å². The Balaban J connectivity index is 1.45. The van der Waals surface area contributed by atoms with E-state index < -0.39 is 17.5 Å². The summed E-state index contributed by atoms with van der Waals surface area (Å²) in [5, 5.41) is 12.3. The number of carbonyl (C=O) groups excluding carboxylic acids is 1. The van der Waals surface area contributed by atoms with Gasteiger partial charge in [0.2, 0.25) is 12.7 Å². The molecule has 0 atom stereocenters. The Labute approximate surface area is 192 Å². The van der Waals surface area contributed by atoms with Crippen LogP contribution in [0, 0.1) is 0 Å². The Hall–Kier alpha value is -3.72. The number of hydrogen-bond donors (Lipinski definition) is 2. The lowest BCUT2D eigenvalue weighted by Crippen LogP contribution is -2.27. The average molecular weight is 471 g/mol. The quantitative estimate of drug-likeness (QED) is 0.521. The maximum Gasteiger partial charge on any atom is 0.573 e. The van der Waals surface area contributed by atoms with Gasteiger partial charge in [0.05, 0.1) is 12.0 Å². The number of aliphatic hydroxyl groups is 1. The summed E-state index contributed by atoms with van der Waals surface area (Å²) in [7, 11) is 0. The number of aliphatic hydroxyl groups excluding tert-OH is 1. The van der Waals surface area contributed by atoms with Gasteiger partial charge >= 0.3 is 6.36 Å². The number of benzene rings is 3. The molecule has 1 heterocycles. The minimum Gasteiger partial charge on any atom is -0.454 e. The highest BCUT2D eigenvalue weighted by molar-refractivity contribution is 6.02. The molecule has 0 aromatic heterocycles. The number of halogens is 3. The summed E-state index contributed by atoms with van der Waals surface area (Å²) in [5.74, 6) is 0.537. The third kappa shape index (κ3) is 4.26. The van der Waals surface area contributed by atoms with E-state index in [-0.39, 0.29) is 24.9 Å². The summed E-state index contributed by atoms with van der Waals surface area (Å²) in [6.07, 6.45) is -3.61. The third-order valence-electron chi connectivity index (χ3n) is 5.99. The molecule has 9 heteroatoms. The van der Waals surface area contributed by atoms with Gasteiger partial charge in [-0.3, -0.25) is 4.79 Å². The predicted octanol–water partition coefficient (Wildman–Crippen LogP) is 5.14. The van der Waals surface area contributed by atoms with Crippen LogP contribution >= 0.6 is 0 Å². The molecule has 2 N–H and O–H groups in total. The third-order valence-corrected chi connectivity index (χ3v) is 5.99. The Morgan fingerprint density at radius 2 is 1.82 bits per heavy atom. The predicted molar refractivity (Wildman–Crippen MR) is 117 cm³/mol. The largest absolute Gasteiger partial charge is 0.573 e. The minimum atomic E-state index is -4.88. The number of fused-ring (bicyclic) bond motifs is 1. The highest BCUT2D eigenvalue weighted by Crippen LogP contribution is 2.51. The van der Waals surface area contributed by atoms with Crippen molar-refractivity contribution in [3.05, 3.63) is 71.8 Å². The molecule has 3 aromatic carbocycles. The first-order valence-electron chi connectivity index (χ1n) is 10.6. The fourth-order valence-corrected chi connectivity index (χ4v) is 4.10. The fraction of sp³-hybridized carbons (Fsp3) is 0.240. The van der Waals surface area contributed by atoms with Crippen LogP contribution in [0.2, 0.25) is 0 Å². The molecule has 6 nitrogen and oxygen atoms in total. The van der Waals surface area contributed by atoms with E-state index in [0.717, 1.165) is 5.56 Å². The molecule has 1 aliphatic carbocycles. The molecule has 176 valence electrons. The first kappa shape index (κ1) is 22.1. The Morgan fingerprint density at radius 3 is 2.56 bits per heavy atom. The number of alkyl halides is 3. The van der Waals surface area contributed by atoms with Gasteiger partial charge in [0, 0.05) is 11.3 Å². The van der Waals surface area contributed by atoms with E-state index in [9.17, 15) is 23.1 Å². The normalized spacial score (nSPS) is 15.6. The van der Waals surface area contributed by atoms with Crippen LogP contribution in [0.15, 0.2) is 60.7 Å². The van der Waals surface area contributed by atoms with E-state index in [1.54, 1.807) is 36.4 Å². The summed E-state index contributed by atoms with van der Waals surface area (Å²) >= 11 is 0. The average Bonchev–Trinajstić information content (AvgIpc) is 3.50.